The number of carbonyl (C=O) groups excluding carboxylic acids is 1. The first kappa shape index (κ1) is 17.7. The summed E-state index contributed by atoms with van der Waals surface area (Å²) < 4.78 is 17.3. The molecule has 0 saturated heterocycles. The molecule has 0 unspecified atom stereocenters. The summed E-state index contributed by atoms with van der Waals surface area (Å²) in [6.45, 7) is 7.90. The fourth-order valence-corrected chi connectivity index (χ4v) is 3.05. The highest BCUT2D eigenvalue weighted by Gasteiger charge is 2.20. The van der Waals surface area contributed by atoms with Crippen LogP contribution in [-0.2, 0) is 0 Å². The fourth-order valence-electron chi connectivity index (χ4n) is 3.05. The summed E-state index contributed by atoms with van der Waals surface area (Å²) in [5.41, 5.74) is 2.45. The van der Waals surface area contributed by atoms with Crippen molar-refractivity contribution in [2.24, 2.45) is 0 Å². The number of aryl methyl sites for hydroxylation is 2. The number of halogens is 1. The van der Waals surface area contributed by atoms with Crippen LogP contribution in [0.15, 0.2) is 16.2 Å². The summed E-state index contributed by atoms with van der Waals surface area (Å²) in [5.74, 6) is 0.404. The first-order valence-corrected chi connectivity index (χ1v) is 8.21. The minimum Gasteiger partial charge on any atom is -0.361 e. The second kappa shape index (κ2) is 8.24. The van der Waals surface area contributed by atoms with Gasteiger partial charge in [-0.25, -0.2) is 0 Å². The normalized spacial score (nSPS) is 17.0. The van der Waals surface area contributed by atoms with Gasteiger partial charge in [0.05, 0.1) is 12.4 Å². The quantitative estimate of drug-likeness (QED) is 0.784. The highest BCUT2D eigenvalue weighted by molar-refractivity contribution is 5.96. The van der Waals surface area contributed by atoms with Crippen molar-refractivity contribution in [1.82, 2.24) is 15.4 Å². The van der Waals surface area contributed by atoms with Crippen molar-refractivity contribution < 1.29 is 13.7 Å². The summed E-state index contributed by atoms with van der Waals surface area (Å²) in [6.07, 6.45) is 4.63. The van der Waals surface area contributed by atoms with Crippen LogP contribution in [0.1, 0.15) is 48.0 Å². The van der Waals surface area contributed by atoms with E-state index in [0.717, 1.165) is 32.5 Å². The van der Waals surface area contributed by atoms with Crippen LogP contribution in [-0.4, -0.2) is 48.3 Å². The van der Waals surface area contributed by atoms with E-state index in [2.05, 4.69) is 21.4 Å². The van der Waals surface area contributed by atoms with Gasteiger partial charge in [-0.3, -0.25) is 14.1 Å². The Hall–Kier alpha value is -1.69. The zero-order valence-corrected chi connectivity index (χ0v) is 14.2. The third kappa shape index (κ3) is 4.89. The van der Waals surface area contributed by atoms with Gasteiger partial charge in [0.15, 0.2) is 0 Å². The molecular weight excluding hydrogens is 297 g/mol. The van der Waals surface area contributed by atoms with Crippen molar-refractivity contribution in [3.8, 4) is 0 Å². The molecule has 128 valence electrons. The van der Waals surface area contributed by atoms with Crippen molar-refractivity contribution in [2.75, 3.05) is 26.3 Å². The van der Waals surface area contributed by atoms with E-state index in [0.29, 0.717) is 23.4 Å². The van der Waals surface area contributed by atoms with Crippen LogP contribution >= 0.6 is 0 Å². The monoisotopic (exact) mass is 323 g/mol. The Labute approximate surface area is 136 Å². The number of hydrogen-bond donors (Lipinski definition) is 1. The lowest BCUT2D eigenvalue weighted by molar-refractivity contribution is 0.0937. The minimum atomic E-state index is -0.264. The van der Waals surface area contributed by atoms with E-state index in [4.69, 9.17) is 4.52 Å². The van der Waals surface area contributed by atoms with Gasteiger partial charge in [-0.1, -0.05) is 16.8 Å². The molecule has 5 nitrogen and oxygen atoms in total. The molecule has 2 rings (SSSR count). The number of alkyl halides is 1. The molecule has 1 atom stereocenters. The van der Waals surface area contributed by atoms with Crippen LogP contribution in [0.2, 0.25) is 0 Å². The van der Waals surface area contributed by atoms with Crippen LogP contribution in [0, 0.1) is 13.8 Å². The molecule has 1 N–H and O–H groups in total. The number of amides is 1. The Morgan fingerprint density at radius 1 is 1.52 bits per heavy atom. The fraction of sp³-hybridized carbons (Fsp3) is 0.647. The molecule has 0 aromatic carbocycles. The largest absolute Gasteiger partial charge is 0.361 e. The van der Waals surface area contributed by atoms with Gasteiger partial charge in [-0.15, -0.1) is 0 Å². The van der Waals surface area contributed by atoms with Crippen molar-refractivity contribution in [3.05, 3.63) is 28.7 Å². The Bertz CT molecular complexity index is 549. The molecule has 1 amide bonds. The molecule has 0 spiro atoms. The summed E-state index contributed by atoms with van der Waals surface area (Å²) in [7, 11) is 0. The van der Waals surface area contributed by atoms with Gasteiger partial charge in [-0.05, 0) is 40.0 Å². The van der Waals surface area contributed by atoms with E-state index < -0.39 is 0 Å². The Morgan fingerprint density at radius 2 is 2.30 bits per heavy atom. The van der Waals surface area contributed by atoms with E-state index in [1.165, 1.54) is 5.57 Å². The zero-order chi connectivity index (χ0) is 16.8. The summed E-state index contributed by atoms with van der Waals surface area (Å²) in [6, 6.07) is 0.0311. The van der Waals surface area contributed by atoms with Crippen molar-refractivity contribution >= 4 is 5.91 Å². The van der Waals surface area contributed by atoms with Crippen molar-refractivity contribution in [3.63, 3.8) is 0 Å². The van der Waals surface area contributed by atoms with Gasteiger partial charge in [0, 0.05) is 25.7 Å². The van der Waals surface area contributed by atoms with Crippen LogP contribution in [0.5, 0.6) is 0 Å². The molecule has 0 saturated carbocycles. The third-order valence-corrected chi connectivity index (χ3v) is 4.12. The minimum absolute atomic E-state index is 0.0311. The van der Waals surface area contributed by atoms with Gasteiger partial charge < -0.3 is 9.84 Å². The lowest BCUT2D eigenvalue weighted by Gasteiger charge is -2.28. The molecule has 6 heteroatoms. The number of carbonyl (C=O) groups is 1. The number of nitrogens with zero attached hydrogens (tertiary/aromatic N) is 2. The maximum absolute atomic E-state index is 12.3. The van der Waals surface area contributed by atoms with E-state index in [-0.39, 0.29) is 18.6 Å². The lowest BCUT2D eigenvalue weighted by Crippen LogP contribution is -2.36. The molecule has 0 radical (unpaired) electrons. The summed E-state index contributed by atoms with van der Waals surface area (Å²) in [5, 5.41) is 6.83. The van der Waals surface area contributed by atoms with E-state index >= 15 is 0 Å². The van der Waals surface area contributed by atoms with Crippen LogP contribution in [0.25, 0.3) is 0 Å². The van der Waals surface area contributed by atoms with Gasteiger partial charge in [-0.2, -0.15) is 0 Å². The van der Waals surface area contributed by atoms with Crippen LogP contribution in [0.3, 0.4) is 0 Å². The van der Waals surface area contributed by atoms with E-state index in [1.807, 2.05) is 6.92 Å². The molecule has 1 aliphatic rings. The van der Waals surface area contributed by atoms with Crippen LogP contribution in [0.4, 0.5) is 4.39 Å². The third-order valence-electron chi connectivity index (χ3n) is 4.12. The van der Waals surface area contributed by atoms with Gasteiger partial charge in [0.25, 0.3) is 5.91 Å². The standard InChI is InChI=1S/C17H26FN3O2/c1-12(19-17(22)16-13(2)20-23-14(16)3)10-15-6-4-8-21(11-15)9-5-7-18/h6,12H,4-5,7-11H2,1-3H3,(H,19,22)/t12-/m1/s1. The molecule has 1 aromatic heterocycles. The highest BCUT2D eigenvalue weighted by atomic mass is 19.1. The SMILES string of the molecule is Cc1noc(C)c1C(=O)N[C@H](C)CC1=CCCN(CCCF)C1. The molecule has 0 aliphatic carbocycles. The summed E-state index contributed by atoms with van der Waals surface area (Å²) in [4.78, 5) is 14.6. The molecular formula is C17H26FN3O2. The molecule has 1 aliphatic heterocycles. The van der Waals surface area contributed by atoms with E-state index in [9.17, 15) is 9.18 Å². The van der Waals surface area contributed by atoms with E-state index in [1.54, 1.807) is 13.8 Å². The predicted octanol–water partition coefficient (Wildman–Crippen LogP) is 2.79. The second-order valence-corrected chi connectivity index (χ2v) is 6.25. The smallest absolute Gasteiger partial charge is 0.257 e. The molecule has 0 fully saturated rings. The van der Waals surface area contributed by atoms with Crippen molar-refractivity contribution in [1.29, 1.82) is 0 Å². The average molecular weight is 323 g/mol. The van der Waals surface area contributed by atoms with Crippen LogP contribution < -0.4 is 5.32 Å². The van der Waals surface area contributed by atoms with Crippen molar-refractivity contribution in [2.45, 2.75) is 46.1 Å². The first-order chi connectivity index (χ1) is 11.0. The number of aromatic nitrogens is 1. The van der Waals surface area contributed by atoms with Gasteiger partial charge in [0.1, 0.15) is 11.3 Å². The summed E-state index contributed by atoms with van der Waals surface area (Å²) >= 11 is 0. The maximum atomic E-state index is 12.3. The van der Waals surface area contributed by atoms with Gasteiger partial charge in [0.2, 0.25) is 0 Å². The Balaban J connectivity index is 1.86. The Kier molecular flexibility index (Phi) is 6.33. The highest BCUT2D eigenvalue weighted by Crippen LogP contribution is 2.16. The molecule has 2 heterocycles. The first-order valence-electron chi connectivity index (χ1n) is 8.21. The molecule has 0 bridgehead atoms. The lowest BCUT2D eigenvalue weighted by atomic mass is 10.0. The number of hydrogen-bond acceptors (Lipinski definition) is 4. The topological polar surface area (TPSA) is 58.4 Å². The maximum Gasteiger partial charge on any atom is 0.257 e. The number of rotatable bonds is 7. The number of nitrogens with one attached hydrogen (secondary N) is 1. The molecule has 23 heavy (non-hydrogen) atoms. The second-order valence-electron chi connectivity index (χ2n) is 6.25. The molecule has 1 aromatic rings. The Morgan fingerprint density at radius 3 is 2.96 bits per heavy atom. The zero-order valence-electron chi connectivity index (χ0n) is 14.2. The average Bonchev–Trinajstić information content (AvgIpc) is 2.84. The van der Waals surface area contributed by atoms with Gasteiger partial charge >= 0.3 is 0 Å². The predicted molar refractivity (Wildman–Crippen MR) is 87.3 cm³/mol.